The number of carbonyl (C=O) groups is 1. The van der Waals surface area contributed by atoms with Crippen LogP contribution in [0.15, 0.2) is 66.7 Å². The fourth-order valence-corrected chi connectivity index (χ4v) is 5.60. The molecule has 180 valence electrons. The molecule has 0 aliphatic carbocycles. The van der Waals surface area contributed by atoms with Gasteiger partial charge >= 0.3 is 0 Å². The number of piperidine rings is 1. The molecule has 2 heterocycles. The molecule has 2 saturated heterocycles. The zero-order chi connectivity index (χ0) is 24.5. The van der Waals surface area contributed by atoms with Gasteiger partial charge in [-0.1, -0.05) is 60.7 Å². The number of para-hydroxylation sites is 1. The van der Waals surface area contributed by atoms with Crippen LogP contribution in [0, 0.1) is 16.7 Å². The molecule has 1 amide bonds. The summed E-state index contributed by atoms with van der Waals surface area (Å²) in [5.41, 5.74) is 0.390. The number of amides is 1. The van der Waals surface area contributed by atoms with E-state index in [1.54, 1.807) is 18.9 Å². The molecule has 2 atom stereocenters. The molecule has 0 bridgehead atoms. The van der Waals surface area contributed by atoms with Crippen LogP contribution < -0.4 is 4.74 Å². The molecule has 6 heteroatoms. The molecule has 6 nitrogen and oxygen atoms in total. The summed E-state index contributed by atoms with van der Waals surface area (Å²) in [6.07, 6.45) is 1.21. The summed E-state index contributed by atoms with van der Waals surface area (Å²) in [4.78, 5) is 16.0. The van der Waals surface area contributed by atoms with Gasteiger partial charge in [-0.05, 0) is 29.3 Å². The maximum atomic E-state index is 14.2. The van der Waals surface area contributed by atoms with Crippen molar-refractivity contribution in [3.05, 3.63) is 77.9 Å². The summed E-state index contributed by atoms with van der Waals surface area (Å²) >= 11 is 0. The minimum Gasteiger partial charge on any atom is -0.496 e. The number of nitriles is 1. The molecule has 3 aromatic rings. The van der Waals surface area contributed by atoms with Gasteiger partial charge in [-0.3, -0.25) is 4.79 Å². The van der Waals surface area contributed by atoms with Crippen LogP contribution in [0.4, 0.5) is 0 Å². The average Bonchev–Trinajstić information content (AvgIpc) is 3.37. The first kappa shape index (κ1) is 23.3. The fraction of sp³-hybridized carbons (Fsp3) is 0.379. The number of fused-ring (bicyclic) bond motifs is 1. The Kier molecular flexibility index (Phi) is 6.22. The number of rotatable bonds is 5. The maximum Gasteiger partial charge on any atom is 0.243 e. The molecular weight excluding hydrogens is 440 g/mol. The predicted molar refractivity (Wildman–Crippen MR) is 133 cm³/mol. The van der Waals surface area contributed by atoms with E-state index in [4.69, 9.17) is 14.2 Å². The number of methoxy groups -OCH3 is 1. The summed E-state index contributed by atoms with van der Waals surface area (Å²) < 4.78 is 17.4. The molecule has 0 saturated carbocycles. The van der Waals surface area contributed by atoms with Crippen LogP contribution in [0.2, 0.25) is 0 Å². The minimum absolute atomic E-state index is 0.184. The van der Waals surface area contributed by atoms with Crippen LogP contribution in [-0.2, 0) is 14.3 Å². The van der Waals surface area contributed by atoms with Crippen molar-refractivity contribution in [2.75, 3.05) is 33.4 Å². The summed E-state index contributed by atoms with van der Waals surface area (Å²) in [5, 5.41) is 12.7. The summed E-state index contributed by atoms with van der Waals surface area (Å²) in [6.45, 7) is 3.91. The van der Waals surface area contributed by atoms with Crippen molar-refractivity contribution < 1.29 is 19.0 Å². The highest BCUT2D eigenvalue weighted by Crippen LogP contribution is 2.48. The van der Waals surface area contributed by atoms with Crippen molar-refractivity contribution in [2.45, 2.75) is 31.5 Å². The summed E-state index contributed by atoms with van der Waals surface area (Å²) in [5.74, 6) is -0.642. The second kappa shape index (κ2) is 9.33. The van der Waals surface area contributed by atoms with Crippen LogP contribution in [0.5, 0.6) is 5.75 Å². The number of benzene rings is 3. The topological polar surface area (TPSA) is 71.8 Å². The lowest BCUT2D eigenvalue weighted by Gasteiger charge is -2.42. The Morgan fingerprint density at radius 3 is 2.34 bits per heavy atom. The Balaban J connectivity index is 1.60. The molecule has 1 spiro atoms. The van der Waals surface area contributed by atoms with Crippen LogP contribution in [0.1, 0.15) is 36.8 Å². The van der Waals surface area contributed by atoms with Gasteiger partial charge in [-0.25, -0.2) is 0 Å². The third kappa shape index (κ3) is 4.05. The zero-order valence-corrected chi connectivity index (χ0v) is 20.2. The van der Waals surface area contributed by atoms with E-state index < -0.39 is 17.1 Å². The van der Waals surface area contributed by atoms with E-state index in [0.717, 1.165) is 21.9 Å². The van der Waals surface area contributed by atoms with E-state index in [0.29, 0.717) is 44.9 Å². The molecule has 5 rings (SSSR count). The minimum atomic E-state index is -1.36. The number of carbonyl (C=O) groups excluding carboxylic acids is 1. The third-order valence-corrected chi connectivity index (χ3v) is 7.46. The van der Waals surface area contributed by atoms with Crippen molar-refractivity contribution in [1.82, 2.24) is 4.90 Å². The molecule has 3 aromatic carbocycles. The number of hydrogen-bond acceptors (Lipinski definition) is 5. The van der Waals surface area contributed by atoms with E-state index in [1.165, 1.54) is 0 Å². The Hall–Kier alpha value is -3.40. The highest BCUT2D eigenvalue weighted by atomic mass is 16.7. The Morgan fingerprint density at radius 2 is 1.63 bits per heavy atom. The number of ether oxygens (including phenoxy) is 3. The van der Waals surface area contributed by atoms with Gasteiger partial charge in [0.05, 0.1) is 26.4 Å². The molecule has 0 radical (unpaired) electrons. The summed E-state index contributed by atoms with van der Waals surface area (Å²) in [6, 6.07) is 24.3. The van der Waals surface area contributed by atoms with E-state index >= 15 is 0 Å². The van der Waals surface area contributed by atoms with E-state index in [-0.39, 0.29) is 5.91 Å². The molecule has 2 fully saturated rings. The monoisotopic (exact) mass is 470 g/mol. The van der Waals surface area contributed by atoms with Crippen LogP contribution in [0.3, 0.4) is 0 Å². The zero-order valence-electron chi connectivity index (χ0n) is 20.2. The third-order valence-electron chi connectivity index (χ3n) is 7.46. The number of likely N-dealkylation sites (tertiary alicyclic amines) is 1. The highest BCUT2D eigenvalue weighted by Gasteiger charge is 2.49. The van der Waals surface area contributed by atoms with Gasteiger partial charge in [-0.2, -0.15) is 5.26 Å². The van der Waals surface area contributed by atoms with E-state index in [2.05, 4.69) is 24.3 Å². The Morgan fingerprint density at radius 1 is 1.00 bits per heavy atom. The predicted octanol–water partition coefficient (Wildman–Crippen LogP) is 4.88. The van der Waals surface area contributed by atoms with Crippen molar-refractivity contribution in [1.29, 1.82) is 5.26 Å². The Bertz CT molecular complexity index is 1260. The van der Waals surface area contributed by atoms with E-state index in [9.17, 15) is 10.1 Å². The largest absolute Gasteiger partial charge is 0.496 e. The van der Waals surface area contributed by atoms with Crippen molar-refractivity contribution in [2.24, 2.45) is 5.41 Å². The highest BCUT2D eigenvalue weighted by molar-refractivity contribution is 5.91. The first-order valence-corrected chi connectivity index (χ1v) is 12.1. The SMILES string of the molecule is COc1ccccc1C(c1cccc2ccccc12)[C@@](C)(C#N)C(=O)N1CCC2(CC1)OCCO2. The first-order valence-electron chi connectivity index (χ1n) is 12.1. The molecular formula is C29H30N2O4. The first-order chi connectivity index (χ1) is 17.0. The van der Waals surface area contributed by atoms with Gasteiger partial charge in [-0.15, -0.1) is 0 Å². The van der Waals surface area contributed by atoms with Gasteiger partial charge in [0.25, 0.3) is 0 Å². The van der Waals surface area contributed by atoms with Crippen molar-refractivity contribution >= 4 is 16.7 Å². The van der Waals surface area contributed by atoms with Gasteiger partial charge in [0, 0.05) is 37.4 Å². The van der Waals surface area contributed by atoms with Crippen molar-refractivity contribution in [3.8, 4) is 11.8 Å². The molecule has 2 aliphatic heterocycles. The van der Waals surface area contributed by atoms with Crippen LogP contribution >= 0.6 is 0 Å². The lowest BCUT2D eigenvalue weighted by atomic mass is 9.68. The molecule has 1 unspecified atom stereocenters. The van der Waals surface area contributed by atoms with Crippen molar-refractivity contribution in [3.63, 3.8) is 0 Å². The average molecular weight is 471 g/mol. The van der Waals surface area contributed by atoms with Crippen LogP contribution in [0.25, 0.3) is 10.8 Å². The summed E-state index contributed by atoms with van der Waals surface area (Å²) in [7, 11) is 1.62. The lowest BCUT2D eigenvalue weighted by Crippen LogP contribution is -2.52. The molecule has 35 heavy (non-hydrogen) atoms. The number of hydrogen-bond donors (Lipinski definition) is 0. The van der Waals surface area contributed by atoms with Gasteiger partial charge in [0.2, 0.25) is 5.91 Å². The quantitative estimate of drug-likeness (QED) is 0.532. The van der Waals surface area contributed by atoms with Gasteiger partial charge in [0.15, 0.2) is 5.79 Å². The maximum absolute atomic E-state index is 14.2. The molecule has 0 aromatic heterocycles. The molecule has 2 aliphatic rings. The van der Waals surface area contributed by atoms with E-state index in [1.807, 2.05) is 48.5 Å². The standard InChI is InChI=1S/C29H30N2O4/c1-28(20-30,27(32)31-16-14-29(15-17-31)34-18-19-35-29)26(24-11-5-6-13-25(24)33-2)23-12-7-9-21-8-3-4-10-22(21)23/h3-13,26H,14-19H2,1-2H3/t26?,28-/m1/s1. The number of nitrogens with zero attached hydrogens (tertiary/aromatic N) is 2. The second-order valence-electron chi connectivity index (χ2n) is 9.46. The fourth-order valence-electron chi connectivity index (χ4n) is 5.60. The smallest absolute Gasteiger partial charge is 0.243 e. The van der Waals surface area contributed by atoms with Gasteiger partial charge in [0.1, 0.15) is 11.2 Å². The lowest BCUT2D eigenvalue weighted by molar-refractivity contribution is -0.189. The van der Waals surface area contributed by atoms with Gasteiger partial charge < -0.3 is 19.1 Å². The normalized spacial score (nSPS) is 19.7. The van der Waals surface area contributed by atoms with Crippen LogP contribution in [-0.4, -0.2) is 50.0 Å². The Labute approximate surface area is 206 Å². The molecule has 0 N–H and O–H groups in total. The second-order valence-corrected chi connectivity index (χ2v) is 9.46.